The van der Waals surface area contributed by atoms with Crippen LogP contribution in [0.2, 0.25) is 0 Å². The minimum absolute atomic E-state index is 0.0187. The highest BCUT2D eigenvalue weighted by atomic mass is 16.4. The normalized spacial score (nSPS) is 18.8. The van der Waals surface area contributed by atoms with Crippen LogP contribution in [-0.2, 0) is 9.59 Å². The fourth-order valence-electron chi connectivity index (χ4n) is 2.26. The van der Waals surface area contributed by atoms with E-state index in [1.807, 2.05) is 0 Å². The number of aliphatic carboxylic acids is 1. The van der Waals surface area contributed by atoms with Crippen LogP contribution < -0.4 is 10.6 Å². The topological polar surface area (TPSA) is 98.7 Å². The van der Waals surface area contributed by atoms with Crippen molar-refractivity contribution in [2.24, 2.45) is 11.3 Å². The van der Waals surface area contributed by atoms with Crippen molar-refractivity contribution in [2.45, 2.75) is 26.7 Å². The summed E-state index contributed by atoms with van der Waals surface area (Å²) in [7, 11) is 1.56. The first kappa shape index (κ1) is 16.3. The molecule has 1 atom stereocenters. The van der Waals surface area contributed by atoms with Gasteiger partial charge in [-0.15, -0.1) is 0 Å². The standard InChI is InChI=1S/C13H23N3O4/c1-13(2,11(19)14-3)8-15-12(20)16-5-4-9(7-16)6-10(17)18/h9H,4-8H2,1-3H3,(H,14,19)(H,15,20)(H,17,18). The van der Waals surface area contributed by atoms with E-state index in [0.717, 1.165) is 0 Å². The van der Waals surface area contributed by atoms with Gasteiger partial charge in [0.05, 0.1) is 5.41 Å². The number of nitrogens with zero attached hydrogens (tertiary/aromatic N) is 1. The summed E-state index contributed by atoms with van der Waals surface area (Å²) < 4.78 is 0. The Morgan fingerprint density at radius 3 is 2.55 bits per heavy atom. The van der Waals surface area contributed by atoms with Crippen molar-refractivity contribution in [1.29, 1.82) is 0 Å². The Morgan fingerprint density at radius 1 is 1.35 bits per heavy atom. The molecule has 3 amide bonds. The van der Waals surface area contributed by atoms with Crippen LogP contribution in [0.1, 0.15) is 26.7 Å². The minimum Gasteiger partial charge on any atom is -0.481 e. The molecule has 0 aromatic heterocycles. The van der Waals surface area contributed by atoms with E-state index < -0.39 is 11.4 Å². The highest BCUT2D eigenvalue weighted by Crippen LogP contribution is 2.20. The Hall–Kier alpha value is -1.79. The number of amides is 3. The summed E-state index contributed by atoms with van der Waals surface area (Å²) in [5.41, 5.74) is -0.676. The fraction of sp³-hybridized carbons (Fsp3) is 0.769. The largest absolute Gasteiger partial charge is 0.481 e. The number of carboxylic acids is 1. The predicted molar refractivity (Wildman–Crippen MR) is 73.2 cm³/mol. The fourth-order valence-corrected chi connectivity index (χ4v) is 2.26. The molecule has 0 aromatic rings. The first-order chi connectivity index (χ1) is 9.26. The van der Waals surface area contributed by atoms with E-state index in [-0.39, 0.29) is 30.8 Å². The summed E-state index contributed by atoms with van der Waals surface area (Å²) >= 11 is 0. The molecule has 1 aliphatic rings. The van der Waals surface area contributed by atoms with Crippen molar-refractivity contribution in [1.82, 2.24) is 15.5 Å². The van der Waals surface area contributed by atoms with Gasteiger partial charge in [0.15, 0.2) is 0 Å². The van der Waals surface area contributed by atoms with Gasteiger partial charge in [-0.1, -0.05) is 0 Å². The van der Waals surface area contributed by atoms with Gasteiger partial charge in [-0.05, 0) is 26.2 Å². The third-order valence-corrected chi connectivity index (χ3v) is 3.56. The zero-order valence-corrected chi connectivity index (χ0v) is 12.2. The maximum atomic E-state index is 12.0. The third kappa shape index (κ3) is 4.40. The molecule has 0 bridgehead atoms. The highest BCUT2D eigenvalue weighted by molar-refractivity contribution is 5.83. The van der Waals surface area contributed by atoms with E-state index in [2.05, 4.69) is 10.6 Å². The van der Waals surface area contributed by atoms with Gasteiger partial charge in [-0.3, -0.25) is 9.59 Å². The monoisotopic (exact) mass is 285 g/mol. The Balaban J connectivity index is 2.41. The summed E-state index contributed by atoms with van der Waals surface area (Å²) in [6, 6.07) is -0.241. The Morgan fingerprint density at radius 2 is 2.00 bits per heavy atom. The summed E-state index contributed by atoms with van der Waals surface area (Å²) in [5, 5.41) is 14.0. The number of rotatable bonds is 5. The van der Waals surface area contributed by atoms with Crippen LogP contribution in [0.15, 0.2) is 0 Å². The quantitative estimate of drug-likeness (QED) is 0.675. The average molecular weight is 285 g/mol. The predicted octanol–water partition coefficient (Wildman–Crippen LogP) is 0.265. The number of carbonyl (C=O) groups is 3. The SMILES string of the molecule is CNC(=O)C(C)(C)CNC(=O)N1CCC(CC(=O)O)C1. The van der Waals surface area contributed by atoms with Crippen molar-refractivity contribution < 1.29 is 19.5 Å². The van der Waals surface area contributed by atoms with E-state index in [0.29, 0.717) is 19.5 Å². The van der Waals surface area contributed by atoms with Crippen molar-refractivity contribution in [3.05, 3.63) is 0 Å². The van der Waals surface area contributed by atoms with Crippen molar-refractivity contribution in [3.63, 3.8) is 0 Å². The number of hydrogen-bond acceptors (Lipinski definition) is 3. The molecule has 114 valence electrons. The number of nitrogens with one attached hydrogen (secondary N) is 2. The van der Waals surface area contributed by atoms with Gasteiger partial charge in [0.25, 0.3) is 0 Å². The van der Waals surface area contributed by atoms with Crippen LogP contribution in [0.3, 0.4) is 0 Å². The zero-order chi connectivity index (χ0) is 15.3. The number of likely N-dealkylation sites (tertiary alicyclic amines) is 1. The van der Waals surface area contributed by atoms with E-state index in [9.17, 15) is 14.4 Å². The molecule has 7 nitrogen and oxygen atoms in total. The van der Waals surface area contributed by atoms with E-state index in [1.165, 1.54) is 0 Å². The zero-order valence-electron chi connectivity index (χ0n) is 12.2. The van der Waals surface area contributed by atoms with Crippen molar-refractivity contribution in [2.75, 3.05) is 26.7 Å². The molecular weight excluding hydrogens is 262 g/mol. The molecule has 0 aromatic carbocycles. The summed E-state index contributed by atoms with van der Waals surface area (Å²) in [4.78, 5) is 35.8. The third-order valence-electron chi connectivity index (χ3n) is 3.56. The number of urea groups is 1. The first-order valence-electron chi connectivity index (χ1n) is 6.73. The molecular formula is C13H23N3O4. The lowest BCUT2D eigenvalue weighted by atomic mass is 9.92. The van der Waals surface area contributed by atoms with Crippen molar-refractivity contribution >= 4 is 17.9 Å². The molecule has 1 unspecified atom stereocenters. The lowest BCUT2D eigenvalue weighted by Crippen LogP contribution is -2.47. The average Bonchev–Trinajstić information content (AvgIpc) is 2.82. The highest BCUT2D eigenvalue weighted by Gasteiger charge is 2.31. The van der Waals surface area contributed by atoms with E-state index in [4.69, 9.17) is 5.11 Å². The first-order valence-corrected chi connectivity index (χ1v) is 6.73. The Labute approximate surface area is 118 Å². The molecule has 0 spiro atoms. The maximum Gasteiger partial charge on any atom is 0.317 e. The van der Waals surface area contributed by atoms with Gasteiger partial charge >= 0.3 is 12.0 Å². The molecule has 1 fully saturated rings. The molecule has 0 radical (unpaired) electrons. The summed E-state index contributed by atoms with van der Waals surface area (Å²) in [6.45, 7) is 4.76. The Kier molecular flexibility index (Phi) is 5.35. The lowest BCUT2D eigenvalue weighted by Gasteiger charge is -2.25. The number of hydrogen-bond donors (Lipinski definition) is 3. The second kappa shape index (κ2) is 6.58. The van der Waals surface area contributed by atoms with Crippen LogP contribution in [0.5, 0.6) is 0 Å². The molecule has 7 heteroatoms. The molecule has 3 N–H and O–H groups in total. The Bertz CT molecular complexity index is 395. The lowest BCUT2D eigenvalue weighted by molar-refractivity contribution is -0.138. The van der Waals surface area contributed by atoms with Gasteiger partial charge in [0.2, 0.25) is 5.91 Å². The second-order valence-corrected chi connectivity index (χ2v) is 5.82. The van der Waals surface area contributed by atoms with Gasteiger partial charge in [-0.2, -0.15) is 0 Å². The van der Waals surface area contributed by atoms with Crippen LogP contribution in [-0.4, -0.2) is 54.6 Å². The second-order valence-electron chi connectivity index (χ2n) is 5.82. The molecule has 0 aliphatic carbocycles. The van der Waals surface area contributed by atoms with Gasteiger partial charge in [0.1, 0.15) is 0 Å². The van der Waals surface area contributed by atoms with Gasteiger partial charge < -0.3 is 20.6 Å². The van der Waals surface area contributed by atoms with Crippen molar-refractivity contribution in [3.8, 4) is 0 Å². The van der Waals surface area contributed by atoms with Crippen LogP contribution in [0.25, 0.3) is 0 Å². The molecule has 1 heterocycles. The molecule has 1 aliphatic heterocycles. The summed E-state index contributed by atoms with van der Waals surface area (Å²) in [6.07, 6.45) is 0.798. The molecule has 1 rings (SSSR count). The van der Waals surface area contributed by atoms with Crippen LogP contribution in [0.4, 0.5) is 4.79 Å². The van der Waals surface area contributed by atoms with E-state index in [1.54, 1.807) is 25.8 Å². The van der Waals surface area contributed by atoms with Crippen LogP contribution >= 0.6 is 0 Å². The van der Waals surface area contributed by atoms with Gasteiger partial charge in [0, 0.05) is 33.1 Å². The smallest absolute Gasteiger partial charge is 0.317 e. The van der Waals surface area contributed by atoms with Gasteiger partial charge in [-0.25, -0.2) is 4.79 Å². The minimum atomic E-state index is -0.835. The number of carboxylic acid groups (broad SMARTS) is 1. The maximum absolute atomic E-state index is 12.0. The molecule has 1 saturated heterocycles. The number of carbonyl (C=O) groups excluding carboxylic acids is 2. The van der Waals surface area contributed by atoms with E-state index >= 15 is 0 Å². The molecule has 20 heavy (non-hydrogen) atoms. The van der Waals surface area contributed by atoms with Crippen LogP contribution in [0, 0.1) is 11.3 Å². The summed E-state index contributed by atoms with van der Waals surface area (Å²) in [5.74, 6) is -0.953. The molecule has 0 saturated carbocycles.